The molecule has 0 saturated heterocycles. The van der Waals surface area contributed by atoms with Crippen LogP contribution in [0.4, 0.5) is 0 Å². The Kier molecular flexibility index (Phi) is 4.86. The lowest BCUT2D eigenvalue weighted by atomic mass is 10.0. The van der Waals surface area contributed by atoms with Crippen molar-refractivity contribution in [1.82, 2.24) is 5.32 Å². The molecule has 0 saturated carbocycles. The lowest BCUT2D eigenvalue weighted by Crippen LogP contribution is -2.31. The minimum absolute atomic E-state index is 0.0609. The average molecular weight is 383 g/mol. The van der Waals surface area contributed by atoms with Gasteiger partial charge in [-0.15, -0.1) is 0 Å². The average Bonchev–Trinajstić information content (AvgIpc) is 2.40. The fraction of sp³-hybridized carbons (Fsp3) is 0.312. The summed E-state index contributed by atoms with van der Waals surface area (Å²) in [6, 6.07) is 10.2. The summed E-state index contributed by atoms with van der Waals surface area (Å²) in [5.74, 6) is 0.907. The van der Waals surface area contributed by atoms with Crippen LogP contribution in [-0.2, 0) is 11.2 Å². The van der Waals surface area contributed by atoms with Gasteiger partial charge in [-0.05, 0) is 71.0 Å². The molecule has 4 heteroatoms. The zero-order chi connectivity index (χ0) is 14.7. The number of rotatable bonds is 4. The van der Waals surface area contributed by atoms with Crippen LogP contribution < -0.4 is 10.1 Å². The maximum absolute atomic E-state index is 11.9. The molecule has 0 unspecified atom stereocenters. The Morgan fingerprint density at radius 3 is 2.70 bits per heavy atom. The minimum Gasteiger partial charge on any atom is -0.497 e. The van der Waals surface area contributed by atoms with Gasteiger partial charge in [-0.3, -0.25) is 4.79 Å². The third kappa shape index (κ3) is 3.42. The summed E-state index contributed by atoms with van der Waals surface area (Å²) in [7, 11) is 1.66. The van der Waals surface area contributed by atoms with Crippen molar-refractivity contribution in [2.75, 3.05) is 7.11 Å². The highest BCUT2D eigenvalue weighted by atomic mass is 127. The highest BCUT2D eigenvalue weighted by Gasteiger charge is 2.10. The molecule has 2 rings (SSSR count). The number of hydrogen-bond donors (Lipinski definition) is 1. The first-order valence-corrected chi connectivity index (χ1v) is 7.63. The molecule has 0 heterocycles. The van der Waals surface area contributed by atoms with Crippen LogP contribution in [0.1, 0.15) is 19.4 Å². The molecule has 0 radical (unpaired) electrons. The molecule has 0 aliphatic carbocycles. The van der Waals surface area contributed by atoms with E-state index >= 15 is 0 Å². The number of carbonyl (C=O) groups is 1. The second kappa shape index (κ2) is 6.43. The van der Waals surface area contributed by atoms with Crippen LogP contribution in [-0.4, -0.2) is 19.1 Å². The van der Waals surface area contributed by atoms with Gasteiger partial charge in [-0.2, -0.15) is 0 Å². The van der Waals surface area contributed by atoms with E-state index in [1.54, 1.807) is 7.11 Å². The number of carbonyl (C=O) groups excluding carboxylic acids is 1. The summed E-state index contributed by atoms with van der Waals surface area (Å²) in [4.78, 5) is 11.9. The molecular weight excluding hydrogens is 365 g/mol. The Morgan fingerprint density at radius 1 is 1.30 bits per heavy atom. The monoisotopic (exact) mass is 383 g/mol. The van der Waals surface area contributed by atoms with Crippen LogP contribution in [0.5, 0.6) is 5.75 Å². The van der Waals surface area contributed by atoms with Gasteiger partial charge in [0.2, 0.25) is 5.91 Å². The van der Waals surface area contributed by atoms with Gasteiger partial charge in [0.25, 0.3) is 0 Å². The van der Waals surface area contributed by atoms with Gasteiger partial charge >= 0.3 is 0 Å². The molecular formula is C16H18INO2. The lowest BCUT2D eigenvalue weighted by molar-refractivity contribution is -0.120. The van der Waals surface area contributed by atoms with Crippen LogP contribution in [0.2, 0.25) is 0 Å². The molecule has 0 aliphatic rings. The molecule has 3 nitrogen and oxygen atoms in total. The largest absolute Gasteiger partial charge is 0.497 e. The lowest BCUT2D eigenvalue weighted by Gasteiger charge is -2.11. The first-order chi connectivity index (χ1) is 9.51. The molecule has 1 N–H and O–H groups in total. The third-order valence-electron chi connectivity index (χ3n) is 3.04. The first-order valence-electron chi connectivity index (χ1n) is 6.55. The number of methoxy groups -OCH3 is 1. The van der Waals surface area contributed by atoms with Crippen molar-refractivity contribution >= 4 is 39.3 Å². The van der Waals surface area contributed by atoms with Gasteiger partial charge in [-0.25, -0.2) is 0 Å². The second-order valence-electron chi connectivity index (χ2n) is 5.02. The number of fused-ring (bicyclic) bond motifs is 1. The first kappa shape index (κ1) is 15.1. The van der Waals surface area contributed by atoms with Gasteiger partial charge in [0.1, 0.15) is 5.75 Å². The Balaban J connectivity index is 2.32. The van der Waals surface area contributed by atoms with Crippen molar-refractivity contribution in [2.24, 2.45) is 0 Å². The van der Waals surface area contributed by atoms with Gasteiger partial charge in [-0.1, -0.05) is 12.1 Å². The quantitative estimate of drug-likeness (QED) is 0.821. The Hall–Kier alpha value is -1.30. The zero-order valence-corrected chi connectivity index (χ0v) is 14.0. The predicted molar refractivity (Wildman–Crippen MR) is 90.2 cm³/mol. The van der Waals surface area contributed by atoms with Gasteiger partial charge in [0.15, 0.2) is 0 Å². The van der Waals surface area contributed by atoms with Crippen LogP contribution in [0.3, 0.4) is 0 Å². The number of ether oxygens (including phenoxy) is 1. The summed E-state index contributed by atoms with van der Waals surface area (Å²) in [5.41, 5.74) is 1.06. The normalized spacial score (nSPS) is 10.8. The van der Waals surface area contributed by atoms with Crippen molar-refractivity contribution in [2.45, 2.75) is 26.3 Å². The smallest absolute Gasteiger partial charge is 0.224 e. The number of nitrogens with one attached hydrogen (secondary N) is 1. The van der Waals surface area contributed by atoms with E-state index in [2.05, 4.69) is 27.9 Å². The zero-order valence-electron chi connectivity index (χ0n) is 11.9. The Morgan fingerprint density at radius 2 is 2.05 bits per heavy atom. The van der Waals surface area contributed by atoms with E-state index in [9.17, 15) is 4.79 Å². The van der Waals surface area contributed by atoms with Crippen molar-refractivity contribution < 1.29 is 9.53 Å². The number of benzene rings is 2. The molecule has 0 atom stereocenters. The van der Waals surface area contributed by atoms with Crippen molar-refractivity contribution in [3.63, 3.8) is 0 Å². The Labute approximate surface area is 132 Å². The fourth-order valence-corrected chi connectivity index (χ4v) is 2.99. The maximum Gasteiger partial charge on any atom is 0.224 e. The third-order valence-corrected chi connectivity index (χ3v) is 4.32. The molecule has 2 aromatic carbocycles. The minimum atomic E-state index is 0.0609. The summed E-state index contributed by atoms with van der Waals surface area (Å²) in [5, 5.41) is 5.20. The van der Waals surface area contributed by atoms with Gasteiger partial charge < -0.3 is 10.1 Å². The molecule has 0 aromatic heterocycles. The topological polar surface area (TPSA) is 38.3 Å². The fourth-order valence-electron chi connectivity index (χ4n) is 2.12. The number of halogens is 1. The van der Waals surface area contributed by atoms with E-state index in [1.807, 2.05) is 44.2 Å². The van der Waals surface area contributed by atoms with Gasteiger partial charge in [0, 0.05) is 9.61 Å². The molecule has 0 fully saturated rings. The molecule has 2 aromatic rings. The summed E-state index contributed by atoms with van der Waals surface area (Å²) in [6.45, 7) is 3.94. The van der Waals surface area contributed by atoms with E-state index < -0.39 is 0 Å². The molecule has 0 spiro atoms. The predicted octanol–water partition coefficient (Wildman–Crippen LogP) is 3.52. The van der Waals surface area contributed by atoms with Crippen molar-refractivity contribution in [3.8, 4) is 5.75 Å². The molecule has 20 heavy (non-hydrogen) atoms. The molecule has 0 aliphatic heterocycles. The standard InChI is InChI=1S/C16H18INO2/c1-10(2)18-15(19)9-12-5-4-11-8-13(20-3)6-7-14(11)16(12)17/h4-8,10H,9H2,1-3H3,(H,18,19). The van der Waals surface area contributed by atoms with Crippen LogP contribution in [0, 0.1) is 3.57 Å². The van der Waals surface area contributed by atoms with Crippen molar-refractivity contribution in [1.29, 1.82) is 0 Å². The van der Waals surface area contributed by atoms with E-state index in [4.69, 9.17) is 4.74 Å². The summed E-state index contributed by atoms with van der Waals surface area (Å²) >= 11 is 2.31. The van der Waals surface area contributed by atoms with E-state index in [-0.39, 0.29) is 11.9 Å². The van der Waals surface area contributed by atoms with Crippen LogP contribution >= 0.6 is 22.6 Å². The van der Waals surface area contributed by atoms with E-state index in [1.165, 1.54) is 0 Å². The van der Waals surface area contributed by atoms with E-state index in [0.717, 1.165) is 25.7 Å². The Bertz CT molecular complexity index is 638. The van der Waals surface area contributed by atoms with Crippen molar-refractivity contribution in [3.05, 3.63) is 39.5 Å². The number of amides is 1. The SMILES string of the molecule is COc1ccc2c(I)c(CC(=O)NC(C)C)ccc2c1. The highest BCUT2D eigenvalue weighted by molar-refractivity contribution is 14.1. The highest BCUT2D eigenvalue weighted by Crippen LogP contribution is 2.27. The maximum atomic E-state index is 11.9. The summed E-state index contributed by atoms with van der Waals surface area (Å²) < 4.78 is 6.36. The summed E-state index contributed by atoms with van der Waals surface area (Å²) in [6.07, 6.45) is 0.415. The molecule has 106 valence electrons. The van der Waals surface area contributed by atoms with Crippen LogP contribution in [0.15, 0.2) is 30.3 Å². The second-order valence-corrected chi connectivity index (χ2v) is 6.10. The van der Waals surface area contributed by atoms with Gasteiger partial charge in [0.05, 0.1) is 13.5 Å². The number of hydrogen-bond acceptors (Lipinski definition) is 2. The molecule has 0 bridgehead atoms. The molecule has 1 amide bonds. The van der Waals surface area contributed by atoms with Crippen LogP contribution in [0.25, 0.3) is 10.8 Å². The van der Waals surface area contributed by atoms with E-state index in [0.29, 0.717) is 6.42 Å².